The van der Waals surface area contributed by atoms with Gasteiger partial charge < -0.3 is 29.2 Å². The molecule has 0 spiro atoms. The minimum absolute atomic E-state index is 0.167. The number of aldehydes is 1. The maximum Gasteiger partial charge on any atom is 0.323 e. The van der Waals surface area contributed by atoms with Crippen molar-refractivity contribution in [1.29, 1.82) is 0 Å². The number of carboxylic acid groups (broad SMARTS) is 1. The minimum Gasteiger partial charge on any atom is -0.497 e. The lowest BCUT2D eigenvalue weighted by Gasteiger charge is -2.47. The summed E-state index contributed by atoms with van der Waals surface area (Å²) < 4.78 is 18.2. The molecule has 1 aliphatic rings. The molecule has 8 nitrogen and oxygen atoms in total. The summed E-state index contributed by atoms with van der Waals surface area (Å²) in [6.45, 7) is 4.23. The van der Waals surface area contributed by atoms with Gasteiger partial charge in [0.05, 0.1) is 26.9 Å². The van der Waals surface area contributed by atoms with Crippen molar-refractivity contribution in [3.8, 4) is 11.5 Å². The van der Waals surface area contributed by atoms with Crippen LogP contribution in [0.15, 0.2) is 78.9 Å². The number of β-amino-alcohol motifs (C(OH)–C–C–N with tert-alkyl or cyclic N) is 1. The van der Waals surface area contributed by atoms with Crippen molar-refractivity contribution < 1.29 is 34.0 Å². The fraction of sp³-hybridized carbons (Fsp3) is 0.500. The smallest absolute Gasteiger partial charge is 0.323 e. The molecule has 8 heteroatoms. The fourth-order valence-corrected chi connectivity index (χ4v) is 7.32. The van der Waals surface area contributed by atoms with Gasteiger partial charge in [-0.1, -0.05) is 93.1 Å². The van der Waals surface area contributed by atoms with Gasteiger partial charge in [-0.3, -0.25) is 9.69 Å². The Morgan fingerprint density at radius 1 is 0.833 bits per heavy atom. The maximum atomic E-state index is 13.0. The molecule has 1 fully saturated rings. The number of rotatable bonds is 20. The second-order valence-electron chi connectivity index (χ2n) is 13.5. The SMILES string of the molecule is COc1ccc(C(OC[C@]2(C)C[C@@H](O)CN2C(C)(CCCCCCCCCC=O)C(=O)O)(c2ccccc2)c2ccc(OC)cc2)cc1. The Bertz CT molecular complexity index is 1380. The Labute approximate surface area is 286 Å². The quantitative estimate of drug-likeness (QED) is 0.0735. The Morgan fingerprint density at radius 3 is 1.83 bits per heavy atom. The van der Waals surface area contributed by atoms with E-state index in [1.165, 1.54) is 0 Å². The second-order valence-corrected chi connectivity index (χ2v) is 13.5. The molecule has 0 bridgehead atoms. The number of aliphatic hydroxyl groups is 1. The van der Waals surface area contributed by atoms with Crippen molar-refractivity contribution in [2.45, 2.75) is 101 Å². The van der Waals surface area contributed by atoms with Crippen molar-refractivity contribution >= 4 is 12.3 Å². The Morgan fingerprint density at radius 2 is 1.33 bits per heavy atom. The molecular formula is C40H53NO7. The van der Waals surface area contributed by atoms with Gasteiger partial charge in [0.2, 0.25) is 0 Å². The van der Waals surface area contributed by atoms with Crippen molar-refractivity contribution in [2.75, 3.05) is 27.4 Å². The van der Waals surface area contributed by atoms with E-state index < -0.39 is 28.8 Å². The highest BCUT2D eigenvalue weighted by atomic mass is 16.5. The minimum atomic E-state index is -1.19. The van der Waals surface area contributed by atoms with Gasteiger partial charge in [-0.05, 0) is 74.1 Å². The van der Waals surface area contributed by atoms with E-state index in [1.807, 2.05) is 90.7 Å². The summed E-state index contributed by atoms with van der Waals surface area (Å²) in [5.41, 5.74) is -0.325. The molecule has 3 atom stereocenters. The number of carboxylic acids is 1. The molecule has 3 aromatic rings. The van der Waals surface area contributed by atoms with Gasteiger partial charge in [0.1, 0.15) is 28.9 Å². The third-order valence-electron chi connectivity index (χ3n) is 10.0. The largest absolute Gasteiger partial charge is 0.497 e. The average Bonchev–Trinajstić information content (AvgIpc) is 3.42. The van der Waals surface area contributed by atoms with Crippen LogP contribution in [0.25, 0.3) is 0 Å². The summed E-state index contributed by atoms with van der Waals surface area (Å²) in [6, 6.07) is 25.7. The predicted octanol–water partition coefficient (Wildman–Crippen LogP) is 7.39. The molecule has 0 aliphatic carbocycles. The number of carbonyl (C=O) groups is 2. The number of aliphatic carboxylic acids is 1. The molecule has 1 unspecified atom stereocenters. The van der Waals surface area contributed by atoms with E-state index in [0.29, 0.717) is 19.3 Å². The summed E-state index contributed by atoms with van der Waals surface area (Å²) >= 11 is 0. The Hall–Kier alpha value is -3.72. The number of carbonyl (C=O) groups excluding carboxylic acids is 1. The van der Waals surface area contributed by atoms with Crippen molar-refractivity contribution in [1.82, 2.24) is 4.90 Å². The molecule has 0 radical (unpaired) electrons. The Kier molecular flexibility index (Phi) is 13.2. The molecule has 2 N–H and O–H groups in total. The number of ether oxygens (including phenoxy) is 3. The van der Waals surface area contributed by atoms with Crippen LogP contribution < -0.4 is 9.47 Å². The van der Waals surface area contributed by atoms with Gasteiger partial charge in [0, 0.05) is 18.5 Å². The predicted molar refractivity (Wildman–Crippen MR) is 188 cm³/mol. The molecule has 0 amide bonds. The van der Waals surface area contributed by atoms with E-state index in [9.17, 15) is 19.8 Å². The van der Waals surface area contributed by atoms with Gasteiger partial charge in [-0.2, -0.15) is 0 Å². The van der Waals surface area contributed by atoms with E-state index in [2.05, 4.69) is 0 Å². The van der Waals surface area contributed by atoms with Gasteiger partial charge in [0.25, 0.3) is 0 Å². The average molecular weight is 660 g/mol. The van der Waals surface area contributed by atoms with Crippen LogP contribution >= 0.6 is 0 Å². The van der Waals surface area contributed by atoms with Crippen LogP contribution in [0, 0.1) is 0 Å². The third kappa shape index (κ3) is 8.46. The zero-order valence-corrected chi connectivity index (χ0v) is 29.0. The van der Waals surface area contributed by atoms with Crippen LogP contribution in [0.2, 0.25) is 0 Å². The van der Waals surface area contributed by atoms with Crippen LogP contribution in [0.3, 0.4) is 0 Å². The number of hydrogen-bond donors (Lipinski definition) is 2. The van der Waals surface area contributed by atoms with Crippen LogP contribution in [-0.2, 0) is 19.9 Å². The molecule has 48 heavy (non-hydrogen) atoms. The number of likely N-dealkylation sites (tertiary alicyclic amines) is 1. The maximum absolute atomic E-state index is 13.0. The van der Waals surface area contributed by atoms with E-state index in [1.54, 1.807) is 21.1 Å². The van der Waals surface area contributed by atoms with E-state index in [-0.39, 0.29) is 13.2 Å². The summed E-state index contributed by atoms with van der Waals surface area (Å²) in [5, 5.41) is 21.7. The topological polar surface area (TPSA) is 106 Å². The van der Waals surface area contributed by atoms with E-state index in [0.717, 1.165) is 79.4 Å². The molecule has 4 rings (SSSR count). The van der Waals surface area contributed by atoms with Gasteiger partial charge in [-0.25, -0.2) is 0 Å². The first-order valence-corrected chi connectivity index (χ1v) is 17.2. The summed E-state index contributed by atoms with van der Waals surface area (Å²) in [5.74, 6) is 0.557. The fourth-order valence-electron chi connectivity index (χ4n) is 7.32. The van der Waals surface area contributed by atoms with Crippen molar-refractivity contribution in [3.63, 3.8) is 0 Å². The summed E-state index contributed by atoms with van der Waals surface area (Å²) in [4.78, 5) is 25.6. The van der Waals surface area contributed by atoms with E-state index in [4.69, 9.17) is 14.2 Å². The lowest BCUT2D eigenvalue weighted by Crippen LogP contribution is -2.61. The number of unbranched alkanes of at least 4 members (excludes halogenated alkanes) is 7. The van der Waals surface area contributed by atoms with E-state index >= 15 is 0 Å². The number of hydrogen-bond acceptors (Lipinski definition) is 7. The van der Waals surface area contributed by atoms with Gasteiger partial charge in [0.15, 0.2) is 0 Å². The third-order valence-corrected chi connectivity index (χ3v) is 10.0. The number of benzene rings is 3. The molecule has 3 aromatic carbocycles. The first-order chi connectivity index (χ1) is 23.1. The highest BCUT2D eigenvalue weighted by molar-refractivity contribution is 5.78. The lowest BCUT2D eigenvalue weighted by molar-refractivity contribution is -0.157. The zero-order valence-electron chi connectivity index (χ0n) is 29.0. The lowest BCUT2D eigenvalue weighted by atomic mass is 9.79. The molecule has 1 aliphatic heterocycles. The van der Waals surface area contributed by atoms with Crippen LogP contribution in [0.1, 0.15) is 94.7 Å². The number of aliphatic hydroxyl groups excluding tert-OH is 1. The molecule has 0 saturated carbocycles. The standard InChI is InChI=1S/C40H53NO7/c1-38(28-34(43)29-41(38)39(2,37(44)45)26-14-9-7-5-6-8-10-15-27-42)30-48-40(31-16-12-11-13-17-31,32-18-22-35(46-3)23-19-32)33-20-24-36(47-4)25-21-33/h11-13,16-25,27,34,43H,5-10,14-15,26,28-30H2,1-4H3,(H,44,45)/t34-,38+,39?/m1/s1. The zero-order chi connectivity index (χ0) is 34.6. The normalized spacial score (nSPS) is 19.5. The van der Waals surface area contributed by atoms with Crippen LogP contribution in [-0.4, -0.2) is 71.9 Å². The Balaban J connectivity index is 1.65. The molecule has 0 aromatic heterocycles. The van der Waals surface area contributed by atoms with Crippen LogP contribution in [0.5, 0.6) is 11.5 Å². The second kappa shape index (κ2) is 17.1. The van der Waals surface area contributed by atoms with Gasteiger partial charge in [-0.15, -0.1) is 0 Å². The van der Waals surface area contributed by atoms with Gasteiger partial charge >= 0.3 is 5.97 Å². The highest BCUT2D eigenvalue weighted by Crippen LogP contribution is 2.45. The molecular weight excluding hydrogens is 606 g/mol. The summed E-state index contributed by atoms with van der Waals surface area (Å²) in [6.07, 6.45) is 8.64. The number of nitrogens with zero attached hydrogens (tertiary/aromatic N) is 1. The first kappa shape index (κ1) is 37.1. The van der Waals surface area contributed by atoms with Crippen molar-refractivity contribution in [2.24, 2.45) is 0 Å². The molecule has 260 valence electrons. The first-order valence-electron chi connectivity index (χ1n) is 17.2. The monoisotopic (exact) mass is 659 g/mol. The molecule has 1 heterocycles. The molecule has 1 saturated heterocycles. The van der Waals surface area contributed by atoms with Crippen molar-refractivity contribution in [3.05, 3.63) is 95.6 Å². The summed E-state index contributed by atoms with van der Waals surface area (Å²) in [7, 11) is 3.27. The number of methoxy groups -OCH3 is 2. The highest BCUT2D eigenvalue weighted by Gasteiger charge is 2.54. The van der Waals surface area contributed by atoms with Crippen LogP contribution in [0.4, 0.5) is 0 Å².